The maximum Gasteiger partial charge on any atom is 0.247 e. The van der Waals surface area contributed by atoms with E-state index in [0.29, 0.717) is 22.6 Å². The summed E-state index contributed by atoms with van der Waals surface area (Å²) < 4.78 is 7.25. The highest BCUT2D eigenvalue weighted by molar-refractivity contribution is 7.80. The molecule has 0 N–H and O–H groups in total. The third-order valence-electron chi connectivity index (χ3n) is 3.65. The van der Waals surface area contributed by atoms with E-state index in [-0.39, 0.29) is 0 Å². The fourth-order valence-electron chi connectivity index (χ4n) is 2.40. The third kappa shape index (κ3) is 3.08. The fourth-order valence-corrected chi connectivity index (χ4v) is 3.67. The molecule has 1 aromatic carbocycles. The van der Waals surface area contributed by atoms with Gasteiger partial charge in [0.05, 0.1) is 4.88 Å². The predicted octanol–water partition coefficient (Wildman–Crippen LogP) is 4.27. The molecule has 0 aliphatic rings. The zero-order chi connectivity index (χ0) is 17.4. The Hall–Kier alpha value is -2.16. The van der Waals surface area contributed by atoms with Gasteiger partial charge in [0, 0.05) is 17.6 Å². The van der Waals surface area contributed by atoms with E-state index in [1.165, 1.54) is 0 Å². The molecule has 25 heavy (non-hydrogen) atoms. The van der Waals surface area contributed by atoms with E-state index in [0.717, 1.165) is 16.3 Å². The number of benzene rings is 1. The second-order valence-electron chi connectivity index (χ2n) is 5.29. The van der Waals surface area contributed by atoms with Crippen molar-refractivity contribution in [2.75, 3.05) is 0 Å². The quantitative estimate of drug-likeness (QED) is 0.528. The van der Waals surface area contributed by atoms with Gasteiger partial charge in [-0.2, -0.15) is 17.6 Å². The van der Waals surface area contributed by atoms with Gasteiger partial charge < -0.3 is 9.09 Å². The van der Waals surface area contributed by atoms with Crippen molar-refractivity contribution >= 4 is 35.6 Å². The molecule has 4 aromatic rings. The van der Waals surface area contributed by atoms with Crippen molar-refractivity contribution in [2.24, 2.45) is 7.05 Å². The second kappa shape index (κ2) is 6.62. The summed E-state index contributed by atoms with van der Waals surface area (Å²) in [5.74, 6) is 2.22. The van der Waals surface area contributed by atoms with Crippen LogP contribution in [0.2, 0.25) is 5.02 Å². The summed E-state index contributed by atoms with van der Waals surface area (Å²) in [6.07, 6.45) is 0. The SMILES string of the molecule is Cn1c(-c2cccs2)nnc1C(S)c1nc(-c2cccc(Cl)c2)no1. The lowest BCUT2D eigenvalue weighted by Crippen LogP contribution is -2.04. The van der Waals surface area contributed by atoms with Gasteiger partial charge in [-0.25, -0.2) is 0 Å². The lowest BCUT2D eigenvalue weighted by atomic mass is 10.2. The molecule has 3 aromatic heterocycles. The molecule has 0 amide bonds. The molecule has 1 atom stereocenters. The summed E-state index contributed by atoms with van der Waals surface area (Å²) in [6, 6.07) is 11.2. The van der Waals surface area contributed by atoms with E-state index < -0.39 is 5.25 Å². The minimum absolute atomic E-state index is 0.353. The van der Waals surface area contributed by atoms with Crippen molar-refractivity contribution in [3.63, 3.8) is 0 Å². The number of thiophene rings is 1. The Morgan fingerprint density at radius 1 is 1.24 bits per heavy atom. The maximum absolute atomic E-state index is 6.01. The molecule has 0 spiro atoms. The van der Waals surface area contributed by atoms with Gasteiger partial charge in [-0.1, -0.05) is 35.0 Å². The minimum Gasteiger partial charge on any atom is -0.337 e. The minimum atomic E-state index is -0.480. The van der Waals surface area contributed by atoms with Crippen LogP contribution in [0.4, 0.5) is 0 Å². The molecule has 0 saturated carbocycles. The zero-order valence-electron chi connectivity index (χ0n) is 13.0. The Morgan fingerprint density at radius 3 is 2.88 bits per heavy atom. The van der Waals surface area contributed by atoms with Crippen molar-refractivity contribution in [1.82, 2.24) is 24.9 Å². The Balaban J connectivity index is 1.65. The summed E-state index contributed by atoms with van der Waals surface area (Å²) >= 11 is 12.2. The molecule has 3 heterocycles. The summed E-state index contributed by atoms with van der Waals surface area (Å²) in [5.41, 5.74) is 0.778. The first-order valence-electron chi connectivity index (χ1n) is 7.34. The molecule has 0 aliphatic heterocycles. The van der Waals surface area contributed by atoms with Crippen LogP contribution in [-0.2, 0) is 7.05 Å². The molecular weight excluding hydrogens is 378 g/mol. The van der Waals surface area contributed by atoms with Gasteiger partial charge >= 0.3 is 0 Å². The molecule has 0 saturated heterocycles. The van der Waals surface area contributed by atoms with Gasteiger partial charge in [0.25, 0.3) is 0 Å². The topological polar surface area (TPSA) is 69.6 Å². The Labute approximate surface area is 157 Å². The van der Waals surface area contributed by atoms with Crippen molar-refractivity contribution in [1.29, 1.82) is 0 Å². The van der Waals surface area contributed by atoms with E-state index in [2.05, 4.69) is 33.0 Å². The molecule has 0 bridgehead atoms. The first-order valence-corrected chi connectivity index (χ1v) is 9.11. The smallest absolute Gasteiger partial charge is 0.247 e. The lowest BCUT2D eigenvalue weighted by molar-refractivity contribution is 0.381. The van der Waals surface area contributed by atoms with Crippen LogP contribution in [-0.4, -0.2) is 24.9 Å². The van der Waals surface area contributed by atoms with Crippen LogP contribution < -0.4 is 0 Å². The molecule has 6 nitrogen and oxygen atoms in total. The molecule has 1 unspecified atom stereocenters. The molecule has 0 aliphatic carbocycles. The van der Waals surface area contributed by atoms with Gasteiger partial charge in [0.1, 0.15) is 5.25 Å². The van der Waals surface area contributed by atoms with Crippen LogP contribution in [0.25, 0.3) is 22.1 Å². The highest BCUT2D eigenvalue weighted by atomic mass is 35.5. The number of hydrogen-bond donors (Lipinski definition) is 1. The molecule has 0 radical (unpaired) electrons. The van der Waals surface area contributed by atoms with Crippen LogP contribution >= 0.6 is 35.6 Å². The number of rotatable bonds is 4. The molecular formula is C16H12ClN5OS2. The highest BCUT2D eigenvalue weighted by Gasteiger charge is 2.24. The van der Waals surface area contributed by atoms with Gasteiger partial charge in [-0.05, 0) is 23.6 Å². The average Bonchev–Trinajstić information content (AvgIpc) is 3.35. The third-order valence-corrected chi connectivity index (χ3v) is 5.21. The fraction of sp³-hybridized carbons (Fsp3) is 0.125. The van der Waals surface area contributed by atoms with E-state index >= 15 is 0 Å². The van der Waals surface area contributed by atoms with Crippen molar-refractivity contribution in [3.8, 4) is 22.1 Å². The summed E-state index contributed by atoms with van der Waals surface area (Å²) in [5, 5.41) is 14.6. The van der Waals surface area contributed by atoms with Crippen LogP contribution in [0.5, 0.6) is 0 Å². The van der Waals surface area contributed by atoms with Crippen molar-refractivity contribution in [2.45, 2.75) is 5.25 Å². The van der Waals surface area contributed by atoms with Crippen molar-refractivity contribution in [3.05, 3.63) is 58.5 Å². The van der Waals surface area contributed by atoms with Crippen molar-refractivity contribution < 1.29 is 4.52 Å². The van der Waals surface area contributed by atoms with Crippen LogP contribution in [0.3, 0.4) is 0 Å². The standard InChI is InChI=1S/C16H12ClN5OS2/c1-22-14(11-6-3-7-25-11)19-20-15(22)12(24)16-18-13(21-23-16)9-4-2-5-10(17)8-9/h2-8,12,24H,1H3. The van der Waals surface area contributed by atoms with Gasteiger partial charge in [0.2, 0.25) is 11.7 Å². The maximum atomic E-state index is 6.01. The van der Waals surface area contributed by atoms with Crippen LogP contribution in [0.1, 0.15) is 17.0 Å². The predicted molar refractivity (Wildman–Crippen MR) is 99.9 cm³/mol. The Morgan fingerprint density at radius 2 is 2.12 bits per heavy atom. The largest absolute Gasteiger partial charge is 0.337 e. The summed E-state index contributed by atoms with van der Waals surface area (Å²) in [6.45, 7) is 0. The molecule has 126 valence electrons. The molecule has 0 fully saturated rings. The van der Waals surface area contributed by atoms with Gasteiger partial charge in [-0.15, -0.1) is 21.5 Å². The highest BCUT2D eigenvalue weighted by Crippen LogP contribution is 2.31. The normalized spacial score (nSPS) is 12.4. The number of nitrogens with zero attached hydrogens (tertiary/aromatic N) is 5. The number of aromatic nitrogens is 5. The monoisotopic (exact) mass is 389 g/mol. The molecule has 4 rings (SSSR count). The molecule has 9 heteroatoms. The number of halogens is 1. The van der Waals surface area contributed by atoms with Crippen LogP contribution in [0, 0.1) is 0 Å². The summed E-state index contributed by atoms with van der Waals surface area (Å²) in [7, 11) is 1.89. The number of hydrogen-bond acceptors (Lipinski definition) is 7. The average molecular weight is 390 g/mol. The van der Waals surface area contributed by atoms with E-state index in [1.807, 2.05) is 41.3 Å². The Bertz CT molecular complexity index is 1010. The van der Waals surface area contributed by atoms with E-state index in [9.17, 15) is 0 Å². The first-order chi connectivity index (χ1) is 12.1. The van der Waals surface area contributed by atoms with Crippen LogP contribution in [0.15, 0.2) is 46.3 Å². The van der Waals surface area contributed by atoms with E-state index in [4.69, 9.17) is 16.1 Å². The first kappa shape index (κ1) is 16.3. The van der Waals surface area contributed by atoms with Gasteiger partial charge in [-0.3, -0.25) is 0 Å². The lowest BCUT2D eigenvalue weighted by Gasteiger charge is -2.05. The van der Waals surface area contributed by atoms with Gasteiger partial charge in [0.15, 0.2) is 11.6 Å². The Kier molecular flexibility index (Phi) is 4.32. The zero-order valence-corrected chi connectivity index (χ0v) is 15.5. The second-order valence-corrected chi connectivity index (χ2v) is 7.19. The van der Waals surface area contributed by atoms with E-state index in [1.54, 1.807) is 23.5 Å². The number of thiol groups is 1. The summed E-state index contributed by atoms with van der Waals surface area (Å²) in [4.78, 5) is 5.45.